The van der Waals surface area contributed by atoms with Gasteiger partial charge in [0.15, 0.2) is 0 Å². The Bertz CT molecular complexity index is 392. The van der Waals surface area contributed by atoms with E-state index >= 15 is 0 Å². The number of benzene rings is 1. The molecule has 0 aliphatic rings. The topological polar surface area (TPSA) is 27.0 Å². The van der Waals surface area contributed by atoms with Crippen LogP contribution in [0.15, 0.2) is 18.2 Å². The van der Waals surface area contributed by atoms with Crippen molar-refractivity contribution in [1.29, 1.82) is 0 Å². The third kappa shape index (κ3) is 2.05. The third-order valence-corrected chi connectivity index (χ3v) is 1.70. The summed E-state index contributed by atoms with van der Waals surface area (Å²) in [5, 5.41) is 0. The molecule has 0 bridgehead atoms. The van der Waals surface area contributed by atoms with Gasteiger partial charge in [0.05, 0.1) is 0 Å². The maximum atomic E-state index is 4.26. The van der Waals surface area contributed by atoms with Crippen molar-refractivity contribution < 1.29 is 58.2 Å². The zero-order valence-electron chi connectivity index (χ0n) is 7.63. The molecule has 1 aromatic carbocycles. The van der Waals surface area contributed by atoms with E-state index in [4.69, 9.17) is 0 Å². The molecule has 0 radical (unpaired) electrons. The molecular formula is C9H9N2Rb. The van der Waals surface area contributed by atoms with Gasteiger partial charge in [0.25, 0.3) is 0 Å². The van der Waals surface area contributed by atoms with Crippen molar-refractivity contribution in [2.24, 2.45) is 0 Å². The molecule has 0 N–H and O–H groups in total. The van der Waals surface area contributed by atoms with Crippen LogP contribution in [0.25, 0.3) is 11.0 Å². The molecule has 3 heteroatoms. The second-order valence-electron chi connectivity index (χ2n) is 2.76. The summed E-state index contributed by atoms with van der Waals surface area (Å²) in [5.41, 5.74) is 3.23. The monoisotopic (exact) mass is 230 g/mol. The van der Waals surface area contributed by atoms with Crippen LogP contribution in [0.3, 0.4) is 0 Å². The van der Waals surface area contributed by atoms with Crippen molar-refractivity contribution in [1.82, 2.24) is 9.97 Å². The fraction of sp³-hybridized carbons (Fsp3) is 0.222. The molecule has 0 unspecified atom stereocenters. The fourth-order valence-corrected chi connectivity index (χ4v) is 1.19. The van der Waals surface area contributed by atoms with Gasteiger partial charge in [-0.25, -0.2) is 0 Å². The van der Waals surface area contributed by atoms with Crippen LogP contribution in [-0.2, 0) is 0 Å². The molecule has 12 heavy (non-hydrogen) atoms. The number of aromatic nitrogens is 2. The fourth-order valence-electron chi connectivity index (χ4n) is 1.19. The van der Waals surface area contributed by atoms with Crippen molar-refractivity contribution >= 4 is 11.0 Å². The zero-order chi connectivity index (χ0) is 7.84. The Hall–Kier alpha value is 0.495. The van der Waals surface area contributed by atoms with E-state index in [-0.39, 0.29) is 58.2 Å². The molecule has 2 aromatic rings. The Labute approximate surface area is 121 Å². The van der Waals surface area contributed by atoms with E-state index in [1.807, 2.05) is 13.0 Å². The second-order valence-corrected chi connectivity index (χ2v) is 2.76. The minimum Gasteiger partial charge on any atom is -0.440 e. The van der Waals surface area contributed by atoms with Gasteiger partial charge in [-0.2, -0.15) is 0 Å². The Morgan fingerprint density at radius 1 is 1.25 bits per heavy atom. The number of fused-ring (bicyclic) bond motifs is 1. The number of nitrogens with zero attached hydrogens (tertiary/aromatic N) is 2. The smallest absolute Gasteiger partial charge is 0.440 e. The van der Waals surface area contributed by atoms with Gasteiger partial charge >= 0.3 is 58.2 Å². The summed E-state index contributed by atoms with van der Waals surface area (Å²) < 4.78 is 0. The van der Waals surface area contributed by atoms with Crippen molar-refractivity contribution in [2.75, 3.05) is 0 Å². The van der Waals surface area contributed by atoms with Gasteiger partial charge in [-0.1, -0.05) is 29.6 Å². The number of aryl methyl sites for hydroxylation is 2. The largest absolute Gasteiger partial charge is 1.00 e. The molecule has 1 heterocycles. The number of rotatable bonds is 0. The van der Waals surface area contributed by atoms with E-state index in [9.17, 15) is 0 Å². The molecule has 0 saturated heterocycles. The van der Waals surface area contributed by atoms with E-state index < -0.39 is 0 Å². The molecular weight excluding hydrogens is 222 g/mol. The summed E-state index contributed by atoms with van der Waals surface area (Å²) in [7, 11) is 0. The summed E-state index contributed by atoms with van der Waals surface area (Å²) in [6.45, 7) is 3.97. The second kappa shape index (κ2) is 4.14. The molecule has 1 aromatic heterocycles. The van der Waals surface area contributed by atoms with E-state index in [1.165, 1.54) is 5.56 Å². The first-order valence-electron chi connectivity index (χ1n) is 3.63. The normalized spacial score (nSPS) is 9.83. The summed E-state index contributed by atoms with van der Waals surface area (Å²) in [6.07, 6.45) is 0. The Kier molecular flexibility index (Phi) is 3.65. The summed E-state index contributed by atoms with van der Waals surface area (Å²) in [4.78, 5) is 8.51. The number of hydrogen-bond acceptors (Lipinski definition) is 1. The predicted molar refractivity (Wildman–Crippen MR) is 44.5 cm³/mol. The first-order chi connectivity index (χ1) is 5.25. The van der Waals surface area contributed by atoms with Crippen LogP contribution in [0.2, 0.25) is 0 Å². The van der Waals surface area contributed by atoms with Crippen molar-refractivity contribution in [2.45, 2.75) is 13.8 Å². The van der Waals surface area contributed by atoms with Crippen LogP contribution < -0.4 is 63.2 Å². The van der Waals surface area contributed by atoms with Crippen LogP contribution in [0.5, 0.6) is 0 Å². The average Bonchev–Trinajstić information content (AvgIpc) is 2.27. The molecule has 0 fully saturated rings. The molecule has 0 aliphatic heterocycles. The van der Waals surface area contributed by atoms with Gasteiger partial charge in [-0.15, -0.1) is 0 Å². The average molecular weight is 231 g/mol. The van der Waals surface area contributed by atoms with Gasteiger partial charge in [-0.05, 0) is 24.9 Å². The molecule has 0 saturated carbocycles. The van der Waals surface area contributed by atoms with Crippen LogP contribution in [0, 0.1) is 13.8 Å². The molecule has 2 rings (SSSR count). The predicted octanol–water partition coefficient (Wildman–Crippen LogP) is -1.19. The van der Waals surface area contributed by atoms with Crippen LogP contribution in [-0.4, -0.2) is 4.98 Å². The minimum atomic E-state index is 0. The Balaban J connectivity index is 0.000000720. The maximum absolute atomic E-state index is 4.26. The van der Waals surface area contributed by atoms with Crippen LogP contribution >= 0.6 is 0 Å². The van der Waals surface area contributed by atoms with E-state index in [0.29, 0.717) is 0 Å². The maximum Gasteiger partial charge on any atom is 1.00 e. The Morgan fingerprint density at radius 3 is 2.75 bits per heavy atom. The molecule has 0 amide bonds. The van der Waals surface area contributed by atoms with Crippen molar-refractivity contribution in [3.05, 3.63) is 29.6 Å². The van der Waals surface area contributed by atoms with Crippen molar-refractivity contribution in [3.8, 4) is 0 Å². The third-order valence-electron chi connectivity index (χ3n) is 1.70. The first-order valence-corrected chi connectivity index (χ1v) is 3.63. The van der Waals surface area contributed by atoms with E-state index in [1.54, 1.807) is 0 Å². The molecule has 56 valence electrons. The van der Waals surface area contributed by atoms with E-state index in [0.717, 1.165) is 16.9 Å². The van der Waals surface area contributed by atoms with Gasteiger partial charge in [0.2, 0.25) is 0 Å². The molecule has 2 nitrogen and oxygen atoms in total. The van der Waals surface area contributed by atoms with Crippen LogP contribution in [0.1, 0.15) is 11.4 Å². The van der Waals surface area contributed by atoms with Gasteiger partial charge in [0, 0.05) is 0 Å². The molecule has 0 aliphatic carbocycles. The quantitative estimate of drug-likeness (QED) is 0.569. The molecule has 0 atom stereocenters. The summed E-state index contributed by atoms with van der Waals surface area (Å²) >= 11 is 0. The Morgan fingerprint density at radius 2 is 2.00 bits per heavy atom. The summed E-state index contributed by atoms with van der Waals surface area (Å²) in [5.74, 6) is 0.852. The van der Waals surface area contributed by atoms with Gasteiger partial charge in [-0.3, -0.25) is 0 Å². The van der Waals surface area contributed by atoms with Crippen molar-refractivity contribution in [3.63, 3.8) is 0 Å². The van der Waals surface area contributed by atoms with Crippen LogP contribution in [0.4, 0.5) is 0 Å². The number of imidazole rings is 1. The summed E-state index contributed by atoms with van der Waals surface area (Å²) in [6, 6.07) is 6.11. The number of hydrogen-bond donors (Lipinski definition) is 0. The zero-order valence-corrected chi connectivity index (χ0v) is 12.5. The standard InChI is InChI=1S/C9H9N2.Rb/c1-6-3-4-8-9(5-6)11-7(2)10-8;/h3-5H,1-2H3;/q-1;+1. The first kappa shape index (κ1) is 10.6. The molecule has 0 spiro atoms. The van der Waals surface area contributed by atoms with Gasteiger partial charge < -0.3 is 9.97 Å². The van der Waals surface area contributed by atoms with Gasteiger partial charge in [0.1, 0.15) is 0 Å². The van der Waals surface area contributed by atoms with E-state index in [2.05, 4.69) is 29.0 Å². The minimum absolute atomic E-state index is 0. The SMILES string of the molecule is Cc1ccc2nc(C)[n-]c2c1.[Rb+].